The molecule has 1 atom stereocenters. The van der Waals surface area contributed by atoms with Gasteiger partial charge in [-0.3, -0.25) is 9.59 Å². The molecule has 1 amide bonds. The normalized spacial score (nSPS) is 26.1. The number of amides is 1. The van der Waals surface area contributed by atoms with Crippen molar-refractivity contribution in [3.05, 3.63) is 0 Å². The van der Waals surface area contributed by atoms with Gasteiger partial charge in [-0.25, -0.2) is 0 Å². The molecule has 1 rings (SSSR count). The van der Waals surface area contributed by atoms with Crippen molar-refractivity contribution in [1.29, 1.82) is 0 Å². The van der Waals surface area contributed by atoms with Crippen LogP contribution in [0.4, 0.5) is 0 Å². The molecule has 4 heteroatoms. The van der Waals surface area contributed by atoms with E-state index in [2.05, 4.69) is 0 Å². The fourth-order valence-electron chi connectivity index (χ4n) is 1.79. The van der Waals surface area contributed by atoms with Crippen molar-refractivity contribution in [3.63, 3.8) is 0 Å². The van der Waals surface area contributed by atoms with Crippen molar-refractivity contribution in [3.8, 4) is 0 Å². The second-order valence-electron chi connectivity index (χ2n) is 4.28. The van der Waals surface area contributed by atoms with E-state index in [1.165, 1.54) is 6.92 Å². The van der Waals surface area contributed by atoms with E-state index in [-0.39, 0.29) is 11.3 Å². The van der Waals surface area contributed by atoms with Crippen molar-refractivity contribution in [2.75, 3.05) is 13.1 Å². The molecule has 1 unspecified atom stereocenters. The van der Waals surface area contributed by atoms with Crippen LogP contribution in [0.1, 0.15) is 20.8 Å². The highest BCUT2D eigenvalue weighted by Crippen LogP contribution is 2.35. The first kappa shape index (κ1) is 10.0. The van der Waals surface area contributed by atoms with E-state index in [1.807, 2.05) is 13.8 Å². The van der Waals surface area contributed by atoms with E-state index < -0.39 is 11.9 Å². The molecule has 13 heavy (non-hydrogen) atoms. The first-order valence-corrected chi connectivity index (χ1v) is 4.33. The number of aliphatic carboxylic acids is 1. The predicted octanol–water partition coefficient (Wildman–Crippen LogP) is 0.575. The molecule has 0 radical (unpaired) electrons. The Morgan fingerprint density at radius 3 is 2.23 bits per heavy atom. The Morgan fingerprint density at radius 1 is 1.46 bits per heavy atom. The molecule has 0 aliphatic carbocycles. The summed E-state index contributed by atoms with van der Waals surface area (Å²) in [7, 11) is 0. The van der Waals surface area contributed by atoms with Gasteiger partial charge >= 0.3 is 5.97 Å². The van der Waals surface area contributed by atoms with Crippen molar-refractivity contribution in [2.24, 2.45) is 11.3 Å². The lowest BCUT2D eigenvalue weighted by Gasteiger charge is -2.21. The summed E-state index contributed by atoms with van der Waals surface area (Å²) >= 11 is 0. The average molecular weight is 185 g/mol. The van der Waals surface area contributed by atoms with Crippen molar-refractivity contribution < 1.29 is 14.7 Å². The molecule has 1 saturated heterocycles. The Kier molecular flexibility index (Phi) is 2.32. The van der Waals surface area contributed by atoms with Crippen LogP contribution in [0.25, 0.3) is 0 Å². The zero-order valence-corrected chi connectivity index (χ0v) is 8.20. The summed E-state index contributed by atoms with van der Waals surface area (Å²) in [6.07, 6.45) is 0. The number of rotatable bonds is 1. The Morgan fingerprint density at radius 2 is 2.00 bits per heavy atom. The van der Waals surface area contributed by atoms with Crippen LogP contribution in [-0.4, -0.2) is 35.0 Å². The Balaban J connectivity index is 2.79. The summed E-state index contributed by atoms with van der Waals surface area (Å²) in [6.45, 7) is 6.13. The van der Waals surface area contributed by atoms with Crippen LogP contribution in [-0.2, 0) is 9.59 Å². The first-order valence-electron chi connectivity index (χ1n) is 4.33. The number of nitrogens with zero attached hydrogens (tertiary/aromatic N) is 1. The molecular weight excluding hydrogens is 170 g/mol. The summed E-state index contributed by atoms with van der Waals surface area (Å²) in [4.78, 5) is 23.5. The van der Waals surface area contributed by atoms with E-state index in [0.29, 0.717) is 13.1 Å². The van der Waals surface area contributed by atoms with Crippen LogP contribution < -0.4 is 0 Å². The zero-order chi connectivity index (χ0) is 10.2. The number of hydrogen-bond donors (Lipinski definition) is 1. The maximum absolute atomic E-state index is 11.0. The van der Waals surface area contributed by atoms with Gasteiger partial charge in [-0.2, -0.15) is 0 Å². The number of carboxylic acid groups (broad SMARTS) is 1. The van der Waals surface area contributed by atoms with Gasteiger partial charge in [0.05, 0.1) is 5.92 Å². The molecular formula is C9H15NO3. The standard InChI is InChI=1S/C9H15NO3/c1-6(11)10-4-7(8(12)13)9(2,3)5-10/h7H,4-5H2,1-3H3,(H,12,13). The van der Waals surface area contributed by atoms with E-state index in [4.69, 9.17) is 5.11 Å². The maximum Gasteiger partial charge on any atom is 0.308 e. The highest BCUT2D eigenvalue weighted by molar-refractivity contribution is 5.77. The third-order valence-electron chi connectivity index (χ3n) is 2.69. The fraction of sp³-hybridized carbons (Fsp3) is 0.778. The molecule has 4 nitrogen and oxygen atoms in total. The molecule has 0 aromatic carbocycles. The lowest BCUT2D eigenvalue weighted by Crippen LogP contribution is -2.28. The van der Waals surface area contributed by atoms with Gasteiger partial charge in [0, 0.05) is 20.0 Å². The molecule has 1 aliphatic heterocycles. The zero-order valence-electron chi connectivity index (χ0n) is 8.20. The van der Waals surface area contributed by atoms with Gasteiger partial charge in [-0.15, -0.1) is 0 Å². The Hall–Kier alpha value is -1.06. The monoisotopic (exact) mass is 185 g/mol. The predicted molar refractivity (Wildman–Crippen MR) is 47.2 cm³/mol. The highest BCUT2D eigenvalue weighted by atomic mass is 16.4. The number of carboxylic acids is 1. The van der Waals surface area contributed by atoms with Crippen LogP contribution in [0, 0.1) is 11.3 Å². The van der Waals surface area contributed by atoms with Gasteiger partial charge in [-0.1, -0.05) is 13.8 Å². The van der Waals surface area contributed by atoms with Gasteiger partial charge in [-0.05, 0) is 5.41 Å². The Bertz CT molecular complexity index is 247. The molecule has 0 saturated carbocycles. The topological polar surface area (TPSA) is 57.6 Å². The number of carbonyl (C=O) groups is 2. The molecule has 74 valence electrons. The minimum absolute atomic E-state index is 0.0446. The molecule has 0 aromatic heterocycles. The van der Waals surface area contributed by atoms with Crippen LogP contribution in [0.5, 0.6) is 0 Å². The van der Waals surface area contributed by atoms with Crippen LogP contribution in [0.15, 0.2) is 0 Å². The molecule has 1 aliphatic rings. The minimum Gasteiger partial charge on any atom is -0.481 e. The molecule has 1 fully saturated rings. The van der Waals surface area contributed by atoms with Gasteiger partial charge in [0.2, 0.25) is 5.91 Å². The second kappa shape index (κ2) is 3.01. The smallest absolute Gasteiger partial charge is 0.308 e. The summed E-state index contributed by atoms with van der Waals surface area (Å²) < 4.78 is 0. The van der Waals surface area contributed by atoms with Crippen molar-refractivity contribution in [1.82, 2.24) is 4.90 Å². The largest absolute Gasteiger partial charge is 0.481 e. The molecule has 1 heterocycles. The summed E-state index contributed by atoms with van der Waals surface area (Å²) in [5.41, 5.74) is -0.308. The summed E-state index contributed by atoms with van der Waals surface area (Å²) in [5, 5.41) is 8.91. The molecule has 0 bridgehead atoms. The number of carbonyl (C=O) groups excluding carboxylic acids is 1. The van der Waals surface area contributed by atoms with Gasteiger partial charge in [0.15, 0.2) is 0 Å². The van der Waals surface area contributed by atoms with E-state index >= 15 is 0 Å². The molecule has 0 aromatic rings. The second-order valence-corrected chi connectivity index (χ2v) is 4.28. The fourth-order valence-corrected chi connectivity index (χ4v) is 1.79. The third-order valence-corrected chi connectivity index (χ3v) is 2.69. The van der Waals surface area contributed by atoms with Crippen LogP contribution in [0.3, 0.4) is 0 Å². The minimum atomic E-state index is -0.811. The van der Waals surface area contributed by atoms with Crippen molar-refractivity contribution >= 4 is 11.9 Å². The number of likely N-dealkylation sites (tertiary alicyclic amines) is 1. The average Bonchev–Trinajstić information content (AvgIpc) is 2.25. The van der Waals surface area contributed by atoms with E-state index in [0.717, 1.165) is 0 Å². The maximum atomic E-state index is 11.0. The van der Waals surface area contributed by atoms with Gasteiger partial charge in [0.1, 0.15) is 0 Å². The SMILES string of the molecule is CC(=O)N1CC(C(=O)O)C(C)(C)C1. The van der Waals surface area contributed by atoms with E-state index in [1.54, 1.807) is 4.90 Å². The van der Waals surface area contributed by atoms with Crippen LogP contribution >= 0.6 is 0 Å². The number of hydrogen-bond acceptors (Lipinski definition) is 2. The molecule has 1 N–H and O–H groups in total. The first-order chi connectivity index (χ1) is 5.84. The molecule has 0 spiro atoms. The lowest BCUT2D eigenvalue weighted by atomic mass is 9.82. The van der Waals surface area contributed by atoms with Gasteiger partial charge < -0.3 is 10.0 Å². The van der Waals surface area contributed by atoms with Crippen molar-refractivity contribution in [2.45, 2.75) is 20.8 Å². The quantitative estimate of drug-likeness (QED) is 0.650. The van der Waals surface area contributed by atoms with Crippen LogP contribution in [0.2, 0.25) is 0 Å². The third kappa shape index (κ3) is 1.82. The highest BCUT2D eigenvalue weighted by Gasteiger charge is 2.44. The Labute approximate surface area is 77.5 Å². The van der Waals surface area contributed by atoms with E-state index in [9.17, 15) is 9.59 Å². The lowest BCUT2D eigenvalue weighted by molar-refractivity contribution is -0.144. The summed E-state index contributed by atoms with van der Waals surface area (Å²) in [5.74, 6) is -1.29. The summed E-state index contributed by atoms with van der Waals surface area (Å²) in [6, 6.07) is 0. The van der Waals surface area contributed by atoms with Gasteiger partial charge in [0.25, 0.3) is 0 Å².